The summed E-state index contributed by atoms with van der Waals surface area (Å²) >= 11 is 0. The molecule has 0 bridgehead atoms. The molecular weight excluding hydrogens is 332 g/mol. The van der Waals surface area contributed by atoms with Crippen LogP contribution in [0.2, 0.25) is 0 Å². The van der Waals surface area contributed by atoms with E-state index in [1.54, 1.807) is 0 Å². The Labute approximate surface area is 155 Å². The molecule has 0 aliphatic carbocycles. The maximum Gasteiger partial charge on any atom is 0.251 e. The highest BCUT2D eigenvalue weighted by Gasteiger charge is 2.31. The summed E-state index contributed by atoms with van der Waals surface area (Å²) in [5, 5.41) is 22.5. The summed E-state index contributed by atoms with van der Waals surface area (Å²) < 4.78 is 5.46. The average Bonchev–Trinajstić information content (AvgIpc) is 2.84. The van der Waals surface area contributed by atoms with E-state index in [1.165, 1.54) is 11.1 Å². The molecule has 0 aromatic heterocycles. The number of carbonyl (C=O) groups excluding carboxylic acids is 1. The molecule has 1 saturated heterocycles. The van der Waals surface area contributed by atoms with Crippen LogP contribution in [0.25, 0.3) is 0 Å². The van der Waals surface area contributed by atoms with Gasteiger partial charge in [0, 0.05) is 37.8 Å². The summed E-state index contributed by atoms with van der Waals surface area (Å²) in [5.74, 6) is -0.173. The Morgan fingerprint density at radius 1 is 1.27 bits per heavy atom. The lowest BCUT2D eigenvalue weighted by atomic mass is 9.99. The summed E-state index contributed by atoms with van der Waals surface area (Å²) in [7, 11) is 0. The second-order valence-corrected chi connectivity index (χ2v) is 7.58. The van der Waals surface area contributed by atoms with Crippen LogP contribution in [0.1, 0.15) is 41.8 Å². The largest absolute Gasteiger partial charge is 0.390 e. The highest BCUT2D eigenvalue weighted by molar-refractivity contribution is 5.94. The molecule has 3 atom stereocenters. The minimum absolute atomic E-state index is 0.173. The van der Waals surface area contributed by atoms with Gasteiger partial charge in [-0.05, 0) is 56.4 Å². The van der Waals surface area contributed by atoms with Crippen LogP contribution in [0, 0.1) is 0 Å². The van der Waals surface area contributed by atoms with Gasteiger partial charge in [-0.3, -0.25) is 4.79 Å². The van der Waals surface area contributed by atoms with Crippen molar-refractivity contribution < 1.29 is 19.7 Å². The monoisotopic (exact) mass is 362 g/mol. The third-order valence-electron chi connectivity index (χ3n) is 5.52. The second-order valence-electron chi connectivity index (χ2n) is 7.58. The Morgan fingerprint density at radius 2 is 2.00 bits per heavy atom. The van der Waals surface area contributed by atoms with Crippen molar-refractivity contribution >= 4 is 5.91 Å². The van der Waals surface area contributed by atoms with Crippen LogP contribution in [0.5, 0.6) is 0 Å². The number of carbonyl (C=O) groups is 1. The van der Waals surface area contributed by atoms with Gasteiger partial charge in [0.2, 0.25) is 0 Å². The highest BCUT2D eigenvalue weighted by Crippen LogP contribution is 2.19. The van der Waals surface area contributed by atoms with E-state index in [4.69, 9.17) is 4.74 Å². The second kappa shape index (κ2) is 8.48. The molecule has 144 valence electrons. The molecule has 1 aromatic rings. The zero-order valence-corrected chi connectivity index (χ0v) is 15.6. The van der Waals surface area contributed by atoms with Crippen molar-refractivity contribution in [2.75, 3.05) is 26.2 Å². The smallest absolute Gasteiger partial charge is 0.251 e. The highest BCUT2D eigenvalue weighted by atomic mass is 16.5. The molecule has 26 heavy (non-hydrogen) atoms. The average molecular weight is 362 g/mol. The molecule has 6 nitrogen and oxygen atoms in total. The first kappa shape index (κ1) is 19.3. The van der Waals surface area contributed by atoms with Crippen LogP contribution < -0.4 is 5.32 Å². The molecule has 1 amide bonds. The van der Waals surface area contributed by atoms with Gasteiger partial charge in [0.25, 0.3) is 5.91 Å². The number of fused-ring (bicyclic) bond motifs is 1. The number of ether oxygens (including phenoxy) is 1. The van der Waals surface area contributed by atoms with E-state index in [9.17, 15) is 15.0 Å². The van der Waals surface area contributed by atoms with Crippen molar-refractivity contribution in [3.63, 3.8) is 0 Å². The molecular formula is C20H30N2O4. The third-order valence-corrected chi connectivity index (χ3v) is 5.52. The fraction of sp³-hybridized carbons (Fsp3) is 0.650. The molecule has 3 rings (SSSR count). The predicted molar refractivity (Wildman–Crippen MR) is 99.3 cm³/mol. The van der Waals surface area contributed by atoms with Gasteiger partial charge in [0.15, 0.2) is 0 Å². The Hall–Kier alpha value is -1.47. The molecule has 0 radical (unpaired) electrons. The molecule has 6 heteroatoms. The van der Waals surface area contributed by atoms with Crippen LogP contribution in [-0.4, -0.2) is 71.6 Å². The number of aliphatic hydroxyl groups is 2. The molecule has 2 aliphatic rings. The van der Waals surface area contributed by atoms with Crippen molar-refractivity contribution in [2.45, 2.75) is 57.5 Å². The molecule has 0 spiro atoms. The van der Waals surface area contributed by atoms with Gasteiger partial charge in [0.1, 0.15) is 12.2 Å². The van der Waals surface area contributed by atoms with Gasteiger partial charge in [-0.25, -0.2) is 0 Å². The lowest BCUT2D eigenvalue weighted by Gasteiger charge is -2.32. The standard InChI is InChI=1S/C20H30N2O4/c1-13(2)22-8-5-14-3-4-16(11-15(14)6-9-22)20(25)21-12-18-19(24)17(23)7-10-26-18/h3-4,11,13,17-19,23-24H,5-10,12H2,1-2H3,(H,21,25). The fourth-order valence-electron chi connectivity index (χ4n) is 3.73. The number of hydrogen-bond donors (Lipinski definition) is 3. The van der Waals surface area contributed by atoms with Crippen LogP contribution in [0.3, 0.4) is 0 Å². The normalized spacial score (nSPS) is 27.0. The van der Waals surface area contributed by atoms with Gasteiger partial charge in [-0.2, -0.15) is 0 Å². The van der Waals surface area contributed by atoms with Crippen molar-refractivity contribution in [2.24, 2.45) is 0 Å². The van der Waals surface area contributed by atoms with Crippen molar-refractivity contribution in [1.82, 2.24) is 10.2 Å². The summed E-state index contributed by atoms with van der Waals surface area (Å²) in [6, 6.07) is 6.45. The van der Waals surface area contributed by atoms with E-state index in [1.807, 2.05) is 12.1 Å². The topological polar surface area (TPSA) is 82.0 Å². The minimum Gasteiger partial charge on any atom is -0.390 e. The van der Waals surface area contributed by atoms with E-state index in [2.05, 4.69) is 30.1 Å². The zero-order chi connectivity index (χ0) is 18.7. The Balaban J connectivity index is 1.61. The number of hydrogen-bond acceptors (Lipinski definition) is 5. The van der Waals surface area contributed by atoms with E-state index in [0.717, 1.165) is 25.9 Å². The number of nitrogens with one attached hydrogen (secondary N) is 1. The SMILES string of the molecule is CC(C)N1CCc2ccc(C(=O)NCC3OCCC(O)C3O)cc2CC1. The van der Waals surface area contributed by atoms with Gasteiger partial charge in [-0.15, -0.1) is 0 Å². The fourth-order valence-corrected chi connectivity index (χ4v) is 3.73. The first-order chi connectivity index (χ1) is 12.5. The molecule has 0 saturated carbocycles. The molecule has 1 fully saturated rings. The van der Waals surface area contributed by atoms with Gasteiger partial charge < -0.3 is 25.2 Å². The number of nitrogens with zero attached hydrogens (tertiary/aromatic N) is 1. The number of benzene rings is 1. The Bertz CT molecular complexity index is 634. The summed E-state index contributed by atoms with van der Waals surface area (Å²) in [6.07, 6.45) is 0.0631. The summed E-state index contributed by atoms with van der Waals surface area (Å²) in [5.41, 5.74) is 3.19. The predicted octanol–water partition coefficient (Wildman–Crippen LogP) is 0.736. The summed E-state index contributed by atoms with van der Waals surface area (Å²) in [4.78, 5) is 15.0. The number of amides is 1. The lowest BCUT2D eigenvalue weighted by molar-refractivity contribution is -0.132. The zero-order valence-electron chi connectivity index (χ0n) is 15.6. The molecule has 3 unspecified atom stereocenters. The third kappa shape index (κ3) is 4.43. The van der Waals surface area contributed by atoms with Crippen LogP contribution in [-0.2, 0) is 17.6 Å². The number of aliphatic hydroxyl groups excluding tert-OH is 2. The lowest BCUT2D eigenvalue weighted by Crippen LogP contribution is -2.49. The van der Waals surface area contributed by atoms with E-state index < -0.39 is 18.3 Å². The van der Waals surface area contributed by atoms with Crippen molar-refractivity contribution in [3.05, 3.63) is 34.9 Å². The molecule has 1 aromatic carbocycles. The first-order valence-corrected chi connectivity index (χ1v) is 9.57. The van der Waals surface area contributed by atoms with Gasteiger partial charge in [-0.1, -0.05) is 6.07 Å². The summed E-state index contributed by atoms with van der Waals surface area (Å²) in [6.45, 7) is 7.07. The van der Waals surface area contributed by atoms with E-state index in [-0.39, 0.29) is 12.5 Å². The Kier molecular flexibility index (Phi) is 6.29. The van der Waals surface area contributed by atoms with Crippen LogP contribution >= 0.6 is 0 Å². The van der Waals surface area contributed by atoms with Crippen molar-refractivity contribution in [1.29, 1.82) is 0 Å². The first-order valence-electron chi connectivity index (χ1n) is 9.57. The Morgan fingerprint density at radius 3 is 2.73 bits per heavy atom. The molecule has 2 aliphatic heterocycles. The quantitative estimate of drug-likeness (QED) is 0.736. The maximum atomic E-state index is 12.5. The molecule has 3 N–H and O–H groups in total. The number of rotatable bonds is 4. The van der Waals surface area contributed by atoms with E-state index in [0.29, 0.717) is 24.6 Å². The molecule has 2 heterocycles. The van der Waals surface area contributed by atoms with Crippen LogP contribution in [0.4, 0.5) is 0 Å². The van der Waals surface area contributed by atoms with E-state index >= 15 is 0 Å². The van der Waals surface area contributed by atoms with Crippen LogP contribution in [0.15, 0.2) is 18.2 Å². The van der Waals surface area contributed by atoms with Gasteiger partial charge >= 0.3 is 0 Å². The maximum absolute atomic E-state index is 12.5. The van der Waals surface area contributed by atoms with Crippen molar-refractivity contribution in [3.8, 4) is 0 Å². The minimum atomic E-state index is -0.960. The van der Waals surface area contributed by atoms with Gasteiger partial charge in [0.05, 0.1) is 6.10 Å².